The highest BCUT2D eigenvalue weighted by molar-refractivity contribution is 6.07. The van der Waals surface area contributed by atoms with Crippen LogP contribution >= 0.6 is 0 Å². The van der Waals surface area contributed by atoms with Crippen LogP contribution in [0.3, 0.4) is 0 Å². The van der Waals surface area contributed by atoms with Crippen LogP contribution in [-0.4, -0.2) is 41.8 Å². The molecule has 0 spiro atoms. The van der Waals surface area contributed by atoms with Gasteiger partial charge in [-0.1, -0.05) is 0 Å². The number of nitrogens with zero attached hydrogens (tertiary/aromatic N) is 1. The highest BCUT2D eigenvalue weighted by Gasteiger charge is 2.34. The Balaban J connectivity index is 1.88. The smallest absolute Gasteiger partial charge is 0.255 e. The molecular weight excluding hydrogens is 258 g/mol. The number of carbonyl (C=O) groups excluding carboxylic acids is 3. The lowest BCUT2D eigenvalue weighted by Crippen LogP contribution is -2.58. The van der Waals surface area contributed by atoms with Gasteiger partial charge in [-0.05, 0) is 37.1 Å². The molecule has 0 bridgehead atoms. The number of rotatable bonds is 1. The number of hydrogen-bond acceptors (Lipinski definition) is 4. The van der Waals surface area contributed by atoms with Gasteiger partial charge in [0.05, 0.1) is 0 Å². The minimum absolute atomic E-state index is 0.0823. The van der Waals surface area contributed by atoms with Crippen molar-refractivity contribution in [3.05, 3.63) is 29.3 Å². The van der Waals surface area contributed by atoms with Crippen LogP contribution < -0.4 is 10.6 Å². The van der Waals surface area contributed by atoms with Crippen LogP contribution in [0.2, 0.25) is 0 Å². The monoisotopic (exact) mass is 273 g/mol. The zero-order valence-corrected chi connectivity index (χ0v) is 11.1. The van der Waals surface area contributed by atoms with Gasteiger partial charge in [-0.25, -0.2) is 0 Å². The number of hydrogen-bond donors (Lipinski definition) is 2. The van der Waals surface area contributed by atoms with Crippen molar-refractivity contribution >= 4 is 23.4 Å². The molecule has 0 radical (unpaired) electrons. The molecule has 1 aromatic carbocycles. The molecule has 6 heteroatoms. The SMILES string of the molecule is CC1C(=O)NC(=O)CN1C(=O)c1ccc2c(c1)CCN2. The minimum Gasteiger partial charge on any atom is -0.384 e. The zero-order valence-electron chi connectivity index (χ0n) is 11.1. The largest absolute Gasteiger partial charge is 0.384 e. The molecule has 1 saturated heterocycles. The van der Waals surface area contributed by atoms with Gasteiger partial charge in [0.2, 0.25) is 11.8 Å². The summed E-state index contributed by atoms with van der Waals surface area (Å²) in [5.41, 5.74) is 2.65. The van der Waals surface area contributed by atoms with Crippen LogP contribution in [0.5, 0.6) is 0 Å². The first-order valence-corrected chi connectivity index (χ1v) is 6.58. The maximum absolute atomic E-state index is 12.5. The number of anilines is 1. The predicted octanol–water partition coefficient (Wildman–Crippen LogP) is 0.142. The van der Waals surface area contributed by atoms with E-state index in [1.54, 1.807) is 13.0 Å². The Morgan fingerprint density at radius 2 is 2.15 bits per heavy atom. The summed E-state index contributed by atoms with van der Waals surface area (Å²) >= 11 is 0. The second kappa shape index (κ2) is 4.63. The summed E-state index contributed by atoms with van der Waals surface area (Å²) in [5, 5.41) is 5.45. The molecule has 3 rings (SSSR count). The summed E-state index contributed by atoms with van der Waals surface area (Å²) in [7, 11) is 0. The van der Waals surface area contributed by atoms with Crippen molar-refractivity contribution in [2.24, 2.45) is 0 Å². The molecule has 2 heterocycles. The van der Waals surface area contributed by atoms with Crippen LogP contribution in [-0.2, 0) is 16.0 Å². The van der Waals surface area contributed by atoms with Crippen molar-refractivity contribution in [1.29, 1.82) is 0 Å². The van der Waals surface area contributed by atoms with E-state index in [9.17, 15) is 14.4 Å². The van der Waals surface area contributed by atoms with Crippen molar-refractivity contribution in [1.82, 2.24) is 10.2 Å². The van der Waals surface area contributed by atoms with E-state index in [4.69, 9.17) is 0 Å². The lowest BCUT2D eigenvalue weighted by molar-refractivity contribution is -0.138. The fourth-order valence-electron chi connectivity index (χ4n) is 2.57. The van der Waals surface area contributed by atoms with Crippen molar-refractivity contribution < 1.29 is 14.4 Å². The van der Waals surface area contributed by atoms with E-state index in [1.165, 1.54) is 4.90 Å². The molecular formula is C14H15N3O3. The molecule has 2 aliphatic rings. The Hall–Kier alpha value is -2.37. The number of piperazine rings is 1. The Morgan fingerprint density at radius 3 is 2.95 bits per heavy atom. The second-order valence-electron chi connectivity index (χ2n) is 5.07. The summed E-state index contributed by atoms with van der Waals surface area (Å²) in [4.78, 5) is 36.8. The van der Waals surface area contributed by atoms with Crippen molar-refractivity contribution in [2.75, 3.05) is 18.4 Å². The molecule has 2 N–H and O–H groups in total. The molecule has 3 amide bonds. The fourth-order valence-corrected chi connectivity index (χ4v) is 2.57. The van der Waals surface area contributed by atoms with E-state index < -0.39 is 17.9 Å². The van der Waals surface area contributed by atoms with Crippen molar-refractivity contribution in [2.45, 2.75) is 19.4 Å². The van der Waals surface area contributed by atoms with Gasteiger partial charge in [-0.3, -0.25) is 19.7 Å². The molecule has 1 aromatic rings. The summed E-state index contributed by atoms with van der Waals surface area (Å²) in [6, 6.07) is 4.79. The Labute approximate surface area is 116 Å². The normalized spacial score (nSPS) is 21.2. The van der Waals surface area contributed by atoms with Gasteiger partial charge in [0.15, 0.2) is 0 Å². The van der Waals surface area contributed by atoms with E-state index in [-0.39, 0.29) is 12.5 Å². The van der Waals surface area contributed by atoms with Crippen LogP contribution in [0, 0.1) is 0 Å². The maximum Gasteiger partial charge on any atom is 0.255 e. The number of nitrogens with one attached hydrogen (secondary N) is 2. The number of imide groups is 1. The molecule has 0 aromatic heterocycles. The van der Waals surface area contributed by atoms with Gasteiger partial charge in [0, 0.05) is 17.8 Å². The van der Waals surface area contributed by atoms with E-state index in [0.29, 0.717) is 5.56 Å². The number of fused-ring (bicyclic) bond motifs is 1. The Morgan fingerprint density at radius 1 is 1.35 bits per heavy atom. The molecule has 0 saturated carbocycles. The second-order valence-corrected chi connectivity index (χ2v) is 5.07. The molecule has 1 unspecified atom stereocenters. The highest BCUT2D eigenvalue weighted by Crippen LogP contribution is 2.24. The molecule has 1 fully saturated rings. The lowest BCUT2D eigenvalue weighted by Gasteiger charge is -2.31. The van der Waals surface area contributed by atoms with E-state index >= 15 is 0 Å². The van der Waals surface area contributed by atoms with Crippen LogP contribution in [0.25, 0.3) is 0 Å². The average Bonchev–Trinajstić information content (AvgIpc) is 2.89. The highest BCUT2D eigenvalue weighted by atomic mass is 16.2. The summed E-state index contributed by atoms with van der Waals surface area (Å²) in [6.07, 6.45) is 0.880. The van der Waals surface area contributed by atoms with Gasteiger partial charge in [0.25, 0.3) is 5.91 Å². The van der Waals surface area contributed by atoms with Crippen LogP contribution in [0.4, 0.5) is 5.69 Å². The number of carbonyl (C=O) groups is 3. The topological polar surface area (TPSA) is 78.5 Å². The molecule has 104 valence electrons. The van der Waals surface area contributed by atoms with E-state index in [1.807, 2.05) is 12.1 Å². The van der Waals surface area contributed by atoms with Gasteiger partial charge in [0.1, 0.15) is 12.6 Å². The van der Waals surface area contributed by atoms with Gasteiger partial charge >= 0.3 is 0 Å². The molecule has 0 aliphatic carbocycles. The third kappa shape index (κ3) is 2.03. The van der Waals surface area contributed by atoms with Crippen LogP contribution in [0.15, 0.2) is 18.2 Å². The molecule has 6 nitrogen and oxygen atoms in total. The first kappa shape index (κ1) is 12.7. The number of benzene rings is 1. The number of amides is 3. The first-order chi connectivity index (χ1) is 9.56. The molecule has 1 atom stereocenters. The summed E-state index contributed by atoms with van der Waals surface area (Å²) in [6.45, 7) is 2.41. The van der Waals surface area contributed by atoms with Crippen molar-refractivity contribution in [3.8, 4) is 0 Å². The van der Waals surface area contributed by atoms with E-state index in [2.05, 4.69) is 10.6 Å². The maximum atomic E-state index is 12.5. The van der Waals surface area contributed by atoms with Crippen LogP contribution in [0.1, 0.15) is 22.8 Å². The van der Waals surface area contributed by atoms with Gasteiger partial charge in [-0.2, -0.15) is 0 Å². The predicted molar refractivity (Wildman–Crippen MR) is 72.3 cm³/mol. The third-order valence-corrected chi connectivity index (χ3v) is 3.75. The quantitative estimate of drug-likeness (QED) is 0.714. The first-order valence-electron chi connectivity index (χ1n) is 6.58. The summed E-state index contributed by atoms with van der Waals surface area (Å²) in [5.74, 6) is -1.16. The standard InChI is InChI=1S/C14H15N3O3/c1-8-13(19)16-12(18)7-17(8)14(20)10-2-3-11-9(6-10)4-5-15-11/h2-3,6,8,15H,4-5,7H2,1H3,(H,16,18,19). The van der Waals surface area contributed by atoms with E-state index in [0.717, 1.165) is 24.2 Å². The minimum atomic E-state index is -0.633. The zero-order chi connectivity index (χ0) is 14.3. The Kier molecular flexibility index (Phi) is 2.93. The molecule has 20 heavy (non-hydrogen) atoms. The van der Waals surface area contributed by atoms with Gasteiger partial charge in [-0.15, -0.1) is 0 Å². The lowest BCUT2D eigenvalue weighted by atomic mass is 10.1. The third-order valence-electron chi connectivity index (χ3n) is 3.75. The fraction of sp³-hybridized carbons (Fsp3) is 0.357. The Bertz CT molecular complexity index is 612. The van der Waals surface area contributed by atoms with Crippen molar-refractivity contribution in [3.63, 3.8) is 0 Å². The molecule has 2 aliphatic heterocycles. The summed E-state index contributed by atoms with van der Waals surface area (Å²) < 4.78 is 0. The average molecular weight is 273 g/mol. The van der Waals surface area contributed by atoms with Gasteiger partial charge < -0.3 is 10.2 Å².